The van der Waals surface area contributed by atoms with Crippen molar-refractivity contribution in [3.8, 4) is 11.5 Å². The molecule has 0 amide bonds. The maximum atomic E-state index is 6.49. The summed E-state index contributed by atoms with van der Waals surface area (Å²) in [6.45, 7) is 0. The summed E-state index contributed by atoms with van der Waals surface area (Å²) >= 11 is 1.83. The number of aromatic nitrogens is 4. The smallest absolute Gasteiger partial charge is 0.497 e. The minimum Gasteiger partial charge on any atom is -0.497 e. The minimum absolute atomic E-state index is 0. The van der Waals surface area contributed by atoms with Crippen LogP contribution in [0.15, 0.2) is 122 Å². The number of fused-ring (bicyclic) bond motifs is 17. The molecule has 0 aliphatic heterocycles. The van der Waals surface area contributed by atoms with Gasteiger partial charge in [0.15, 0.2) is 0 Å². The molecule has 5 nitrogen and oxygen atoms in total. The molecule has 0 spiro atoms. The van der Waals surface area contributed by atoms with Gasteiger partial charge in [-0.2, -0.15) is 0 Å². The van der Waals surface area contributed by atoms with E-state index in [9.17, 15) is 0 Å². The average molecular weight is 800 g/mol. The zero-order chi connectivity index (χ0) is 29.9. The monoisotopic (exact) mass is 799 g/mol. The molecule has 0 aliphatic carbocycles. The van der Waals surface area contributed by atoms with Gasteiger partial charge in [-0.15, -0.1) is 23.5 Å². The van der Waals surface area contributed by atoms with Crippen molar-refractivity contribution in [2.24, 2.45) is 0 Å². The summed E-state index contributed by atoms with van der Waals surface area (Å²) in [6.07, 6.45) is 3.88. The van der Waals surface area contributed by atoms with Gasteiger partial charge in [0.2, 0.25) is 0 Å². The van der Waals surface area contributed by atoms with Gasteiger partial charge in [0.1, 0.15) is 0 Å². The number of rotatable bonds is 2. The maximum Gasteiger partial charge on any atom is 2.00 e. The summed E-state index contributed by atoms with van der Waals surface area (Å²) in [6, 6.07) is 45.3. The van der Waals surface area contributed by atoms with Crippen molar-refractivity contribution in [2.45, 2.75) is 0 Å². The molecule has 6 aromatic carbocycles. The van der Waals surface area contributed by atoms with Crippen molar-refractivity contribution in [3.63, 3.8) is 0 Å². The Kier molecular flexibility index (Phi) is 5.64. The van der Waals surface area contributed by atoms with E-state index in [-0.39, 0.29) is 21.1 Å². The summed E-state index contributed by atoms with van der Waals surface area (Å²) < 4.78 is 13.4. The Hall–Kier alpha value is -5.29. The normalized spacial score (nSPS) is 12.1. The molecule has 7 heteroatoms. The van der Waals surface area contributed by atoms with Crippen molar-refractivity contribution in [1.29, 1.82) is 0 Å². The van der Waals surface area contributed by atoms with E-state index in [2.05, 4.69) is 112 Å². The van der Waals surface area contributed by atoms with Gasteiger partial charge in [-0.1, -0.05) is 94.3 Å². The van der Waals surface area contributed by atoms with Crippen molar-refractivity contribution < 1.29 is 25.8 Å². The number of imidazole rings is 2. The molecule has 0 fully saturated rings. The van der Waals surface area contributed by atoms with Gasteiger partial charge in [-0.05, 0) is 47.2 Å². The van der Waals surface area contributed by atoms with E-state index < -0.39 is 0 Å². The van der Waals surface area contributed by atoms with E-state index in [0.717, 1.165) is 60.3 Å². The fraction of sp³-hybridized carbons (Fsp3) is 0. The van der Waals surface area contributed by atoms with Crippen molar-refractivity contribution in [1.82, 2.24) is 18.8 Å². The predicted molar refractivity (Wildman–Crippen MR) is 189 cm³/mol. The van der Waals surface area contributed by atoms with Crippen LogP contribution < -0.4 is 4.74 Å². The Morgan fingerprint density at radius 1 is 0.574 bits per heavy atom. The first-order valence-electron chi connectivity index (χ1n) is 15.2. The summed E-state index contributed by atoms with van der Waals surface area (Å²) in [5.74, 6) is 1.22. The van der Waals surface area contributed by atoms with Gasteiger partial charge in [-0.3, -0.25) is 9.97 Å². The molecular weight excluding hydrogens is 780 g/mol. The summed E-state index contributed by atoms with van der Waals surface area (Å²) in [5.41, 5.74) is 5.98. The second kappa shape index (κ2) is 9.85. The Bertz CT molecular complexity index is 3080. The van der Waals surface area contributed by atoms with Crippen LogP contribution in [0.25, 0.3) is 85.9 Å². The molecule has 11 rings (SSSR count). The second-order valence-electron chi connectivity index (χ2n) is 11.7. The second-order valence-corrected chi connectivity index (χ2v) is 12.8. The van der Waals surface area contributed by atoms with Crippen LogP contribution in [-0.4, -0.2) is 18.8 Å². The molecule has 0 bridgehead atoms. The SMILES string of the molecule is [Pt+2].[c-]1c(Oc2[c-]c3c(cc2)c2ccccc2n2c4ccccc4nc32)ccc2c1c1nccn1c1cc3c(cc21)sc1ccccc13. The molecule has 5 aromatic heterocycles. The van der Waals surface area contributed by atoms with Crippen molar-refractivity contribution >= 4 is 97.2 Å². The molecule has 0 unspecified atom stereocenters. The number of ether oxygens (including phenoxy) is 1. The zero-order valence-corrected chi connectivity index (χ0v) is 27.6. The Labute approximate surface area is 285 Å². The van der Waals surface area contributed by atoms with Gasteiger partial charge in [0.05, 0.1) is 22.3 Å². The fourth-order valence-corrected chi connectivity index (χ4v) is 8.31. The molecule has 5 heterocycles. The van der Waals surface area contributed by atoms with E-state index in [4.69, 9.17) is 14.7 Å². The van der Waals surface area contributed by atoms with Crippen LogP contribution in [0.2, 0.25) is 0 Å². The summed E-state index contributed by atoms with van der Waals surface area (Å²) in [7, 11) is 0. The van der Waals surface area contributed by atoms with E-state index in [1.54, 1.807) is 0 Å². The number of para-hydroxylation sites is 3. The molecule has 0 radical (unpaired) electrons. The Balaban J connectivity index is 0.00000285. The van der Waals surface area contributed by atoms with E-state index >= 15 is 0 Å². The zero-order valence-electron chi connectivity index (χ0n) is 24.5. The third-order valence-corrected chi connectivity index (χ3v) is 10.3. The predicted octanol–water partition coefficient (Wildman–Crippen LogP) is 10.5. The van der Waals surface area contributed by atoms with Gasteiger partial charge in [0.25, 0.3) is 0 Å². The third-order valence-electron chi connectivity index (χ3n) is 9.19. The van der Waals surface area contributed by atoms with Crippen LogP contribution in [0.5, 0.6) is 11.5 Å². The molecule has 0 saturated heterocycles. The van der Waals surface area contributed by atoms with Crippen LogP contribution in [0, 0.1) is 12.1 Å². The third kappa shape index (κ3) is 3.74. The first-order chi connectivity index (χ1) is 22.8. The molecule has 0 aliphatic rings. The largest absolute Gasteiger partial charge is 2.00 e. The van der Waals surface area contributed by atoms with Crippen molar-refractivity contribution in [2.75, 3.05) is 0 Å². The molecule has 11 aromatic rings. The van der Waals surface area contributed by atoms with Gasteiger partial charge < -0.3 is 13.5 Å². The Morgan fingerprint density at radius 3 is 2.13 bits per heavy atom. The van der Waals surface area contributed by atoms with E-state index in [0.29, 0.717) is 11.5 Å². The standard InChI is InChI=1S/C40H20N4OS.Pt/c1-4-10-34-27(7-1)25-15-13-24(20-32(25)40-42-33-9-3-5-11-35(33)44(34)40)45-23-14-16-26-29-22-38-30(28-8-2-6-12-37(28)46-38)21-36(29)43-18-17-41-39(43)31(26)19-23;/h1-18,21-22H;/q-2;+2. The van der Waals surface area contributed by atoms with E-state index in [1.165, 1.54) is 25.6 Å². The maximum absolute atomic E-state index is 6.49. The topological polar surface area (TPSA) is 43.8 Å². The van der Waals surface area contributed by atoms with Crippen LogP contribution in [0.1, 0.15) is 0 Å². The number of thiophene rings is 1. The molecule has 0 saturated carbocycles. The Morgan fingerprint density at radius 2 is 1.28 bits per heavy atom. The average Bonchev–Trinajstić information content (AvgIpc) is 3.84. The first kappa shape index (κ1) is 26.9. The van der Waals surface area contributed by atoms with Crippen LogP contribution >= 0.6 is 11.3 Å². The van der Waals surface area contributed by atoms with Gasteiger partial charge in [0, 0.05) is 55.1 Å². The van der Waals surface area contributed by atoms with Gasteiger partial charge >= 0.3 is 21.1 Å². The summed E-state index contributed by atoms with van der Waals surface area (Å²) in [5, 5.41) is 8.89. The molecule has 222 valence electrons. The van der Waals surface area contributed by atoms with Crippen molar-refractivity contribution in [3.05, 3.63) is 134 Å². The quantitative estimate of drug-likeness (QED) is 0.129. The van der Waals surface area contributed by atoms with Gasteiger partial charge in [-0.25, -0.2) is 0 Å². The molecule has 47 heavy (non-hydrogen) atoms. The number of hydrogen-bond acceptors (Lipinski definition) is 4. The summed E-state index contributed by atoms with van der Waals surface area (Å²) in [4.78, 5) is 9.79. The number of nitrogens with zero attached hydrogens (tertiary/aromatic N) is 4. The molecular formula is C40H20N4OPtS. The number of hydrogen-bond donors (Lipinski definition) is 0. The molecule has 0 atom stereocenters. The first-order valence-corrected chi connectivity index (χ1v) is 16.0. The van der Waals surface area contributed by atoms with E-state index in [1.807, 2.05) is 41.9 Å². The fourth-order valence-electron chi connectivity index (χ4n) is 7.18. The molecule has 0 N–H and O–H groups in total. The number of pyridine rings is 2. The van der Waals surface area contributed by atoms with Crippen LogP contribution in [-0.2, 0) is 21.1 Å². The van der Waals surface area contributed by atoms with Crippen LogP contribution in [0.3, 0.4) is 0 Å². The number of benzene rings is 6. The minimum atomic E-state index is 0. The van der Waals surface area contributed by atoms with Crippen LogP contribution in [0.4, 0.5) is 0 Å².